The van der Waals surface area contributed by atoms with Gasteiger partial charge in [-0.15, -0.1) is 0 Å². The summed E-state index contributed by atoms with van der Waals surface area (Å²) in [7, 11) is 0. The van der Waals surface area contributed by atoms with Gasteiger partial charge in [-0.25, -0.2) is 0 Å². The van der Waals surface area contributed by atoms with Crippen LogP contribution in [0.4, 0.5) is 0 Å². The highest BCUT2D eigenvalue weighted by Crippen LogP contribution is 2.26. The fraction of sp³-hybridized carbons (Fsp3) is 0.778. The first-order valence-electron chi connectivity index (χ1n) is 8.06. The summed E-state index contributed by atoms with van der Waals surface area (Å²) in [5.41, 5.74) is 0. The van der Waals surface area contributed by atoms with Gasteiger partial charge in [0.25, 0.3) is 0 Å². The maximum absolute atomic E-state index is 3.30. The lowest BCUT2D eigenvalue weighted by atomic mass is 9.87. The zero-order chi connectivity index (χ0) is 13.2. The number of hydrogen-bond donors (Lipinski definition) is 0. The topological polar surface area (TPSA) is 0 Å². The molecule has 0 heterocycles. The Morgan fingerprint density at radius 2 is 1.05 bits per heavy atom. The van der Waals surface area contributed by atoms with Crippen molar-refractivity contribution < 1.29 is 0 Å². The van der Waals surface area contributed by atoms with Crippen LogP contribution in [-0.2, 0) is 0 Å². The van der Waals surface area contributed by atoms with E-state index in [1.54, 1.807) is 0 Å². The van der Waals surface area contributed by atoms with Crippen LogP contribution in [0.3, 0.4) is 0 Å². The molecule has 2 saturated carbocycles. The van der Waals surface area contributed by atoms with Gasteiger partial charge in [0.15, 0.2) is 0 Å². The summed E-state index contributed by atoms with van der Waals surface area (Å²) in [5, 5.41) is 6.33. The highest BCUT2D eigenvalue weighted by Gasteiger charge is 2.12. The highest BCUT2D eigenvalue weighted by molar-refractivity contribution is 8.08. The zero-order valence-corrected chi connectivity index (χ0v) is 12.9. The van der Waals surface area contributed by atoms with Crippen LogP contribution >= 0.6 is 11.8 Å². The van der Waals surface area contributed by atoms with Crippen LogP contribution in [0.25, 0.3) is 0 Å². The minimum atomic E-state index is 0.872. The van der Waals surface area contributed by atoms with Gasteiger partial charge in [-0.1, -0.05) is 50.4 Å². The fourth-order valence-electron chi connectivity index (χ4n) is 3.25. The molecule has 2 aliphatic carbocycles. The van der Waals surface area contributed by atoms with E-state index in [9.17, 15) is 0 Å². The van der Waals surface area contributed by atoms with Crippen molar-refractivity contribution in [1.29, 1.82) is 0 Å². The van der Waals surface area contributed by atoms with Gasteiger partial charge < -0.3 is 0 Å². The van der Waals surface area contributed by atoms with Gasteiger partial charge >= 0.3 is 0 Å². The number of rotatable bonds is 2. The summed E-state index contributed by atoms with van der Waals surface area (Å²) in [6.45, 7) is 0. The Labute approximate surface area is 123 Å². The summed E-state index contributed by atoms with van der Waals surface area (Å²) < 4.78 is 0. The van der Waals surface area contributed by atoms with Gasteiger partial charge in [0.1, 0.15) is 0 Å². The summed E-state index contributed by atoms with van der Waals surface area (Å²) in [5.74, 6) is 8.35. The Balaban J connectivity index is 1.55. The Bertz CT molecular complexity index is 315. The molecule has 0 saturated heterocycles. The van der Waals surface area contributed by atoms with E-state index in [1.165, 1.54) is 76.0 Å². The molecular weight excluding hydrogens is 248 g/mol. The molecule has 0 amide bonds. The van der Waals surface area contributed by atoms with Crippen LogP contribution in [0.2, 0.25) is 0 Å². The highest BCUT2D eigenvalue weighted by atomic mass is 32.2. The molecule has 0 N–H and O–H groups in total. The van der Waals surface area contributed by atoms with Gasteiger partial charge in [0.2, 0.25) is 0 Å². The Morgan fingerprint density at radius 3 is 1.47 bits per heavy atom. The standard InChI is InChI=1S/C18H26S/c1-3-9-17(10-4-1)13-7-15-19-16-8-14-18-11-5-2-6-12-18/h17-18H,1-6,9-14H2. The predicted molar refractivity (Wildman–Crippen MR) is 85.5 cm³/mol. The summed E-state index contributed by atoms with van der Waals surface area (Å²) in [4.78, 5) is 0. The first-order valence-corrected chi connectivity index (χ1v) is 8.88. The third kappa shape index (κ3) is 6.44. The quantitative estimate of drug-likeness (QED) is 0.592. The molecule has 0 spiro atoms. The minimum absolute atomic E-state index is 0.872. The van der Waals surface area contributed by atoms with Crippen LogP contribution in [0, 0.1) is 34.2 Å². The van der Waals surface area contributed by atoms with E-state index >= 15 is 0 Å². The average Bonchev–Trinajstić information content (AvgIpc) is 2.48. The van der Waals surface area contributed by atoms with Crippen molar-refractivity contribution in [2.45, 2.75) is 77.0 Å². The van der Waals surface area contributed by atoms with E-state index < -0.39 is 0 Å². The van der Waals surface area contributed by atoms with E-state index in [0.717, 1.165) is 24.7 Å². The zero-order valence-electron chi connectivity index (χ0n) is 12.0. The second-order valence-electron chi connectivity index (χ2n) is 6.08. The molecule has 0 atom stereocenters. The lowest BCUT2D eigenvalue weighted by Crippen LogP contribution is -2.04. The van der Waals surface area contributed by atoms with Crippen molar-refractivity contribution in [3.63, 3.8) is 0 Å². The van der Waals surface area contributed by atoms with E-state index in [0.29, 0.717) is 0 Å². The van der Waals surface area contributed by atoms with Crippen molar-refractivity contribution in [2.24, 2.45) is 11.8 Å². The number of thioether (sulfide) groups is 1. The molecule has 0 aromatic carbocycles. The Morgan fingerprint density at radius 1 is 0.632 bits per heavy atom. The van der Waals surface area contributed by atoms with E-state index in [1.807, 2.05) is 0 Å². The lowest BCUT2D eigenvalue weighted by Gasteiger charge is -2.18. The third-order valence-electron chi connectivity index (χ3n) is 4.48. The second kappa shape index (κ2) is 9.39. The van der Waals surface area contributed by atoms with Gasteiger partial charge in [-0.05, 0) is 48.0 Å². The van der Waals surface area contributed by atoms with Crippen LogP contribution in [-0.4, -0.2) is 0 Å². The molecule has 0 aliphatic heterocycles. The van der Waals surface area contributed by atoms with Crippen LogP contribution < -0.4 is 0 Å². The molecule has 2 aliphatic rings. The van der Waals surface area contributed by atoms with Crippen molar-refractivity contribution in [1.82, 2.24) is 0 Å². The molecule has 1 heteroatoms. The van der Waals surface area contributed by atoms with Gasteiger partial charge in [0.05, 0.1) is 0 Å². The van der Waals surface area contributed by atoms with Gasteiger partial charge in [-0.3, -0.25) is 0 Å². The summed E-state index contributed by atoms with van der Waals surface area (Å²) in [6, 6.07) is 0. The first-order chi connectivity index (χ1) is 9.45. The molecule has 0 bridgehead atoms. The monoisotopic (exact) mass is 274 g/mol. The smallest absolute Gasteiger partial charge is 0.0134 e. The lowest BCUT2D eigenvalue weighted by molar-refractivity contribution is 0.365. The summed E-state index contributed by atoms with van der Waals surface area (Å²) in [6.07, 6.45) is 16.3. The molecule has 2 rings (SSSR count). The molecular formula is C18H26S. The van der Waals surface area contributed by atoms with Gasteiger partial charge in [0, 0.05) is 24.6 Å². The Hall–Kier alpha value is -0.530. The van der Waals surface area contributed by atoms with E-state index in [2.05, 4.69) is 22.3 Å². The molecule has 19 heavy (non-hydrogen) atoms. The number of hydrogen-bond acceptors (Lipinski definition) is 1. The summed E-state index contributed by atoms with van der Waals surface area (Å²) >= 11 is 1.51. The maximum Gasteiger partial charge on any atom is 0.0134 e. The van der Waals surface area contributed by atoms with Crippen LogP contribution in [0.1, 0.15) is 77.0 Å². The molecule has 0 aromatic rings. The van der Waals surface area contributed by atoms with Crippen molar-refractivity contribution in [3.05, 3.63) is 0 Å². The van der Waals surface area contributed by atoms with Gasteiger partial charge in [-0.2, -0.15) is 0 Å². The van der Waals surface area contributed by atoms with Crippen molar-refractivity contribution >= 4 is 11.8 Å². The molecule has 0 unspecified atom stereocenters. The van der Waals surface area contributed by atoms with E-state index in [4.69, 9.17) is 0 Å². The van der Waals surface area contributed by atoms with Crippen LogP contribution in [0.15, 0.2) is 0 Å². The molecule has 0 aromatic heterocycles. The minimum Gasteiger partial charge on any atom is -0.0900 e. The molecule has 104 valence electrons. The SMILES string of the molecule is C(#CSC#CCC1CCCCC1)CC1CCCCC1. The van der Waals surface area contributed by atoms with E-state index in [-0.39, 0.29) is 0 Å². The fourth-order valence-corrected chi connectivity index (χ4v) is 3.61. The van der Waals surface area contributed by atoms with Crippen LogP contribution in [0.5, 0.6) is 0 Å². The molecule has 0 nitrogen and oxygen atoms in total. The second-order valence-corrected chi connectivity index (χ2v) is 6.69. The van der Waals surface area contributed by atoms with Crippen molar-refractivity contribution in [2.75, 3.05) is 0 Å². The predicted octanol–water partition coefficient (Wildman–Crippen LogP) is 5.58. The normalized spacial score (nSPS) is 21.1. The largest absolute Gasteiger partial charge is 0.0900 e. The first kappa shape index (κ1) is 14.9. The van der Waals surface area contributed by atoms with Crippen molar-refractivity contribution in [3.8, 4) is 22.3 Å². The Kier molecular flexibility index (Phi) is 7.35. The molecule has 0 radical (unpaired) electrons. The third-order valence-corrected chi connectivity index (χ3v) is 4.97. The average molecular weight is 274 g/mol. The maximum atomic E-state index is 3.30. The molecule has 2 fully saturated rings.